The predicted molar refractivity (Wildman–Crippen MR) is 53.7 cm³/mol. The Morgan fingerprint density at radius 1 is 1.08 bits per heavy atom. The van der Waals surface area contributed by atoms with Crippen molar-refractivity contribution in [2.75, 3.05) is 13.2 Å². The van der Waals surface area contributed by atoms with Crippen molar-refractivity contribution in [3.63, 3.8) is 0 Å². The summed E-state index contributed by atoms with van der Waals surface area (Å²) in [5.74, 6) is 0. The van der Waals surface area contributed by atoms with Crippen LogP contribution in [0.2, 0.25) is 0 Å². The average molecular weight is 183 g/mol. The summed E-state index contributed by atoms with van der Waals surface area (Å²) < 4.78 is 0. The minimum Gasteiger partial charge on any atom is -0.396 e. The Balaban J connectivity index is 1.94. The number of aliphatic hydroxyl groups excluding tert-OH is 1. The van der Waals surface area contributed by atoms with Crippen LogP contribution in [0.4, 0.5) is 0 Å². The van der Waals surface area contributed by atoms with Gasteiger partial charge < -0.3 is 5.11 Å². The zero-order valence-electron chi connectivity index (χ0n) is 8.41. The number of hydrogen-bond acceptors (Lipinski definition) is 2. The van der Waals surface area contributed by atoms with Crippen LogP contribution < -0.4 is 0 Å². The van der Waals surface area contributed by atoms with Gasteiger partial charge >= 0.3 is 0 Å². The lowest BCUT2D eigenvalue weighted by atomic mass is 9.88. The van der Waals surface area contributed by atoms with Crippen molar-refractivity contribution in [1.82, 2.24) is 4.90 Å². The van der Waals surface area contributed by atoms with E-state index in [1.165, 1.54) is 45.1 Å². The van der Waals surface area contributed by atoms with Crippen molar-refractivity contribution in [3.8, 4) is 0 Å². The molecule has 0 bridgehead atoms. The van der Waals surface area contributed by atoms with Crippen LogP contribution in [-0.4, -0.2) is 35.2 Å². The Labute approximate surface area is 80.9 Å². The second-order valence-corrected chi connectivity index (χ2v) is 4.48. The highest BCUT2D eigenvalue weighted by molar-refractivity contribution is 4.86. The highest BCUT2D eigenvalue weighted by Crippen LogP contribution is 2.31. The van der Waals surface area contributed by atoms with E-state index in [0.717, 1.165) is 12.5 Å². The first-order valence-corrected chi connectivity index (χ1v) is 5.78. The van der Waals surface area contributed by atoms with Crippen molar-refractivity contribution >= 4 is 0 Å². The molecule has 2 saturated heterocycles. The van der Waals surface area contributed by atoms with E-state index in [2.05, 4.69) is 4.90 Å². The first kappa shape index (κ1) is 9.47. The standard InChI is InChI=1S/C11H21NO/c13-9-7-11-6-3-5-10-4-1-2-8-12(10)11/h10-11,13H,1-9H2/t10-,11-/m0/s1. The maximum absolute atomic E-state index is 8.98. The molecule has 2 heterocycles. The van der Waals surface area contributed by atoms with E-state index < -0.39 is 0 Å². The molecule has 2 nitrogen and oxygen atoms in total. The Morgan fingerprint density at radius 3 is 2.77 bits per heavy atom. The van der Waals surface area contributed by atoms with Crippen molar-refractivity contribution in [1.29, 1.82) is 0 Å². The van der Waals surface area contributed by atoms with Gasteiger partial charge in [0.05, 0.1) is 0 Å². The van der Waals surface area contributed by atoms with E-state index in [-0.39, 0.29) is 0 Å². The molecule has 2 fully saturated rings. The van der Waals surface area contributed by atoms with Crippen LogP contribution in [-0.2, 0) is 0 Å². The second kappa shape index (κ2) is 4.43. The van der Waals surface area contributed by atoms with Crippen LogP contribution in [0.1, 0.15) is 44.9 Å². The summed E-state index contributed by atoms with van der Waals surface area (Å²) in [4.78, 5) is 2.67. The van der Waals surface area contributed by atoms with Gasteiger partial charge in [-0.25, -0.2) is 0 Å². The number of hydrogen-bond donors (Lipinski definition) is 1. The smallest absolute Gasteiger partial charge is 0.0445 e. The van der Waals surface area contributed by atoms with E-state index in [0.29, 0.717) is 12.6 Å². The molecule has 2 heteroatoms. The summed E-state index contributed by atoms with van der Waals surface area (Å²) in [6, 6.07) is 1.56. The molecule has 2 rings (SSSR count). The van der Waals surface area contributed by atoms with E-state index in [9.17, 15) is 0 Å². The molecule has 2 atom stereocenters. The molecule has 0 aromatic heterocycles. The molecule has 1 N–H and O–H groups in total. The molecule has 0 radical (unpaired) electrons. The van der Waals surface area contributed by atoms with Gasteiger partial charge in [-0.2, -0.15) is 0 Å². The minimum absolute atomic E-state index is 0.369. The monoisotopic (exact) mass is 183 g/mol. The topological polar surface area (TPSA) is 23.5 Å². The van der Waals surface area contributed by atoms with Crippen molar-refractivity contribution in [2.24, 2.45) is 0 Å². The van der Waals surface area contributed by atoms with Crippen molar-refractivity contribution in [2.45, 2.75) is 57.0 Å². The summed E-state index contributed by atoms with van der Waals surface area (Å²) in [6.45, 7) is 1.66. The lowest BCUT2D eigenvalue weighted by molar-refractivity contribution is 0.0395. The molecule has 0 amide bonds. The van der Waals surface area contributed by atoms with Crippen LogP contribution in [0.3, 0.4) is 0 Å². The number of piperidine rings is 2. The van der Waals surface area contributed by atoms with Gasteiger partial charge in [-0.1, -0.05) is 12.8 Å². The van der Waals surface area contributed by atoms with Gasteiger partial charge in [0.15, 0.2) is 0 Å². The van der Waals surface area contributed by atoms with Gasteiger partial charge in [-0.05, 0) is 38.6 Å². The highest BCUT2D eigenvalue weighted by Gasteiger charge is 2.31. The Hall–Kier alpha value is -0.0800. The molecule has 0 aromatic carbocycles. The van der Waals surface area contributed by atoms with Gasteiger partial charge in [0.2, 0.25) is 0 Å². The fraction of sp³-hybridized carbons (Fsp3) is 1.00. The third kappa shape index (κ3) is 2.05. The van der Waals surface area contributed by atoms with Crippen LogP contribution >= 0.6 is 0 Å². The molecule has 0 aliphatic carbocycles. The molecule has 0 spiro atoms. The predicted octanol–water partition coefficient (Wildman–Crippen LogP) is 1.78. The largest absolute Gasteiger partial charge is 0.396 e. The average Bonchev–Trinajstić information content (AvgIpc) is 2.19. The van der Waals surface area contributed by atoms with Gasteiger partial charge in [0.25, 0.3) is 0 Å². The maximum Gasteiger partial charge on any atom is 0.0445 e. The Bertz CT molecular complexity index is 156. The van der Waals surface area contributed by atoms with Gasteiger partial charge in [0.1, 0.15) is 0 Å². The van der Waals surface area contributed by atoms with Crippen LogP contribution in [0, 0.1) is 0 Å². The third-order valence-corrected chi connectivity index (χ3v) is 3.68. The van der Waals surface area contributed by atoms with Gasteiger partial charge in [-0.15, -0.1) is 0 Å². The van der Waals surface area contributed by atoms with E-state index in [1.807, 2.05) is 0 Å². The Kier molecular flexibility index (Phi) is 3.23. The quantitative estimate of drug-likeness (QED) is 0.705. The van der Waals surface area contributed by atoms with Gasteiger partial charge in [-0.3, -0.25) is 4.90 Å². The minimum atomic E-state index is 0.369. The number of nitrogens with zero attached hydrogens (tertiary/aromatic N) is 1. The van der Waals surface area contributed by atoms with Crippen LogP contribution in [0.25, 0.3) is 0 Å². The molecule has 2 aliphatic heterocycles. The van der Waals surface area contributed by atoms with Crippen molar-refractivity contribution in [3.05, 3.63) is 0 Å². The zero-order chi connectivity index (χ0) is 9.10. The molecular formula is C11H21NO. The first-order chi connectivity index (χ1) is 6.42. The highest BCUT2D eigenvalue weighted by atomic mass is 16.3. The lowest BCUT2D eigenvalue weighted by Crippen LogP contribution is -2.49. The van der Waals surface area contributed by atoms with Gasteiger partial charge in [0, 0.05) is 18.7 Å². The zero-order valence-corrected chi connectivity index (χ0v) is 8.41. The SMILES string of the molecule is OCC[C@@H]1CCC[C@@H]2CCCCN21. The molecule has 13 heavy (non-hydrogen) atoms. The third-order valence-electron chi connectivity index (χ3n) is 3.68. The summed E-state index contributed by atoms with van der Waals surface area (Å²) >= 11 is 0. The number of aliphatic hydroxyl groups is 1. The number of rotatable bonds is 2. The van der Waals surface area contributed by atoms with E-state index in [1.54, 1.807) is 0 Å². The fourth-order valence-corrected chi connectivity index (χ4v) is 3.03. The maximum atomic E-state index is 8.98. The fourth-order valence-electron chi connectivity index (χ4n) is 3.03. The molecule has 0 aromatic rings. The van der Waals surface area contributed by atoms with E-state index in [4.69, 9.17) is 5.11 Å². The molecule has 0 unspecified atom stereocenters. The van der Waals surface area contributed by atoms with E-state index >= 15 is 0 Å². The van der Waals surface area contributed by atoms with Crippen LogP contribution in [0.5, 0.6) is 0 Å². The second-order valence-electron chi connectivity index (χ2n) is 4.48. The van der Waals surface area contributed by atoms with Crippen LogP contribution in [0.15, 0.2) is 0 Å². The number of fused-ring (bicyclic) bond motifs is 1. The summed E-state index contributed by atoms with van der Waals surface area (Å²) in [7, 11) is 0. The molecule has 76 valence electrons. The summed E-state index contributed by atoms with van der Waals surface area (Å²) in [6.07, 6.45) is 9.30. The lowest BCUT2D eigenvalue weighted by Gasteiger charge is -2.45. The molecule has 0 saturated carbocycles. The summed E-state index contributed by atoms with van der Waals surface area (Å²) in [5.41, 5.74) is 0. The molecule has 2 aliphatic rings. The molecular weight excluding hydrogens is 162 g/mol. The van der Waals surface area contributed by atoms with Crippen molar-refractivity contribution < 1.29 is 5.11 Å². The normalized spacial score (nSPS) is 35.8. The first-order valence-electron chi connectivity index (χ1n) is 5.78. The summed E-state index contributed by atoms with van der Waals surface area (Å²) in [5, 5.41) is 8.98. The Morgan fingerprint density at radius 2 is 1.92 bits per heavy atom.